The topological polar surface area (TPSA) is 97.7 Å². The third-order valence-electron chi connectivity index (χ3n) is 6.06. The highest BCUT2D eigenvalue weighted by atomic mass is 35.5. The fourth-order valence-electron chi connectivity index (χ4n) is 4.29. The van der Waals surface area contributed by atoms with Crippen molar-refractivity contribution in [1.29, 1.82) is 0 Å². The summed E-state index contributed by atoms with van der Waals surface area (Å²) >= 11 is 18.4. The van der Waals surface area contributed by atoms with Crippen LogP contribution in [0.3, 0.4) is 0 Å². The van der Waals surface area contributed by atoms with Crippen molar-refractivity contribution in [1.82, 2.24) is 30.5 Å². The molecule has 0 aliphatic carbocycles. The van der Waals surface area contributed by atoms with Crippen LogP contribution in [0.5, 0.6) is 0 Å². The summed E-state index contributed by atoms with van der Waals surface area (Å²) in [6.07, 6.45) is 0. The molecule has 5 aromatic rings. The van der Waals surface area contributed by atoms with Gasteiger partial charge in [0, 0.05) is 38.1 Å². The Kier molecular flexibility index (Phi) is 7.95. The number of aromatic nitrogens is 5. The molecule has 0 bridgehead atoms. The van der Waals surface area contributed by atoms with E-state index in [9.17, 15) is 4.79 Å². The summed E-state index contributed by atoms with van der Waals surface area (Å²) < 4.78 is 7.09. The minimum Gasteiger partial charge on any atom is -0.461 e. The third kappa shape index (κ3) is 5.68. The van der Waals surface area contributed by atoms with Gasteiger partial charge in [-0.05, 0) is 64.9 Å². The normalized spacial score (nSPS) is 12.1. The molecule has 0 saturated carbocycles. The first-order valence-corrected chi connectivity index (χ1v) is 13.0. The van der Waals surface area contributed by atoms with Crippen molar-refractivity contribution in [2.75, 3.05) is 6.61 Å². The standard InChI is InChI=1S/C27H23Cl3N6O2/c1-2-38-27(37)25-23(21-12-11-20(30)13-22(21)32-25)24(31-14-16-3-7-18(28)8-4-16)26-33-34-35-36(26)15-17-5-9-19(29)10-6-17/h3-13,24,31-32H,2,14-15H2,1H3. The Morgan fingerprint density at radius 3 is 2.32 bits per heavy atom. The number of nitrogens with zero attached hydrogens (tertiary/aromatic N) is 4. The van der Waals surface area contributed by atoms with E-state index in [0.717, 1.165) is 16.5 Å². The first-order valence-electron chi connectivity index (χ1n) is 11.9. The van der Waals surface area contributed by atoms with Crippen LogP contribution in [-0.2, 0) is 17.8 Å². The van der Waals surface area contributed by atoms with Gasteiger partial charge in [-0.3, -0.25) is 5.32 Å². The smallest absolute Gasteiger partial charge is 0.355 e. The number of aromatic amines is 1. The molecule has 5 rings (SSSR count). The molecule has 38 heavy (non-hydrogen) atoms. The molecule has 11 heteroatoms. The number of nitrogens with one attached hydrogen (secondary N) is 2. The summed E-state index contributed by atoms with van der Waals surface area (Å²) in [4.78, 5) is 16.3. The molecule has 0 radical (unpaired) electrons. The van der Waals surface area contributed by atoms with Crippen LogP contribution in [-0.4, -0.2) is 37.8 Å². The highest BCUT2D eigenvalue weighted by molar-refractivity contribution is 6.31. The SMILES string of the molecule is CCOC(=O)c1[nH]c2cc(Cl)ccc2c1C(NCc1ccc(Cl)cc1)c1nnnn1Cc1ccc(Cl)cc1. The second-order valence-electron chi connectivity index (χ2n) is 8.59. The zero-order valence-corrected chi connectivity index (χ0v) is 22.6. The van der Waals surface area contributed by atoms with Crippen molar-refractivity contribution in [3.05, 3.63) is 110 Å². The molecular formula is C27H23Cl3N6O2. The third-order valence-corrected chi connectivity index (χ3v) is 6.80. The lowest BCUT2D eigenvalue weighted by molar-refractivity contribution is 0.0518. The van der Waals surface area contributed by atoms with Crippen molar-refractivity contribution in [3.63, 3.8) is 0 Å². The lowest BCUT2D eigenvalue weighted by Gasteiger charge is -2.20. The zero-order chi connectivity index (χ0) is 26.6. The van der Waals surface area contributed by atoms with E-state index in [-0.39, 0.29) is 6.61 Å². The van der Waals surface area contributed by atoms with E-state index in [1.165, 1.54) is 0 Å². The van der Waals surface area contributed by atoms with E-state index in [4.69, 9.17) is 39.5 Å². The molecule has 0 saturated heterocycles. The highest BCUT2D eigenvalue weighted by Gasteiger charge is 2.30. The molecule has 0 fully saturated rings. The summed E-state index contributed by atoms with van der Waals surface area (Å²) in [7, 11) is 0. The molecule has 3 aromatic carbocycles. The number of carbonyl (C=O) groups is 1. The van der Waals surface area contributed by atoms with Crippen molar-refractivity contribution in [2.24, 2.45) is 0 Å². The molecule has 0 amide bonds. The molecule has 0 spiro atoms. The lowest BCUT2D eigenvalue weighted by atomic mass is 10.0. The van der Waals surface area contributed by atoms with Gasteiger partial charge >= 0.3 is 5.97 Å². The number of halogens is 3. The number of tetrazole rings is 1. The van der Waals surface area contributed by atoms with Gasteiger partial charge < -0.3 is 9.72 Å². The van der Waals surface area contributed by atoms with Gasteiger partial charge in [0.05, 0.1) is 19.2 Å². The van der Waals surface area contributed by atoms with Gasteiger partial charge in [-0.1, -0.05) is 65.1 Å². The number of esters is 1. The van der Waals surface area contributed by atoms with Crippen LogP contribution < -0.4 is 5.32 Å². The van der Waals surface area contributed by atoms with Crippen LogP contribution in [0.1, 0.15) is 46.0 Å². The second kappa shape index (κ2) is 11.5. The fraction of sp³-hybridized carbons (Fsp3) is 0.185. The predicted octanol–water partition coefficient (Wildman–Crippen LogP) is 6.22. The largest absolute Gasteiger partial charge is 0.461 e. The first kappa shape index (κ1) is 26.2. The van der Waals surface area contributed by atoms with Crippen LogP contribution >= 0.6 is 34.8 Å². The Hall–Kier alpha value is -3.43. The average Bonchev–Trinajstić information content (AvgIpc) is 3.51. The molecule has 8 nitrogen and oxygen atoms in total. The lowest BCUT2D eigenvalue weighted by Crippen LogP contribution is -2.27. The summed E-state index contributed by atoms with van der Waals surface area (Å²) in [5.74, 6) is 0.0418. The number of hydrogen-bond donors (Lipinski definition) is 2. The quantitative estimate of drug-likeness (QED) is 0.205. The van der Waals surface area contributed by atoms with Crippen molar-refractivity contribution in [3.8, 4) is 0 Å². The fourth-order valence-corrected chi connectivity index (χ4v) is 4.72. The summed E-state index contributed by atoms with van der Waals surface area (Å²) in [5.41, 5.74) is 3.63. The van der Waals surface area contributed by atoms with E-state index in [2.05, 4.69) is 25.8 Å². The molecular weight excluding hydrogens is 547 g/mol. The van der Waals surface area contributed by atoms with Crippen molar-refractivity contribution in [2.45, 2.75) is 26.1 Å². The number of benzene rings is 3. The van der Waals surface area contributed by atoms with Gasteiger partial charge in [0.15, 0.2) is 5.82 Å². The average molecular weight is 570 g/mol. The van der Waals surface area contributed by atoms with Gasteiger partial charge in [-0.2, -0.15) is 0 Å². The van der Waals surface area contributed by atoms with Gasteiger partial charge in [0.1, 0.15) is 5.69 Å². The Balaban J connectivity index is 1.62. The Bertz CT molecular complexity index is 1560. The number of ether oxygens (including phenoxy) is 1. The van der Waals surface area contributed by atoms with E-state index in [1.54, 1.807) is 23.7 Å². The van der Waals surface area contributed by atoms with E-state index in [0.29, 0.717) is 50.8 Å². The molecule has 2 N–H and O–H groups in total. The van der Waals surface area contributed by atoms with Crippen LogP contribution in [0.2, 0.25) is 15.1 Å². The number of carbonyl (C=O) groups excluding carboxylic acids is 1. The van der Waals surface area contributed by atoms with Gasteiger partial charge in [-0.25, -0.2) is 9.48 Å². The first-order chi connectivity index (χ1) is 18.4. The number of fused-ring (bicyclic) bond motifs is 1. The molecule has 1 unspecified atom stereocenters. The van der Waals surface area contributed by atoms with Crippen molar-refractivity contribution < 1.29 is 9.53 Å². The number of hydrogen-bond acceptors (Lipinski definition) is 6. The minimum absolute atomic E-state index is 0.228. The molecule has 2 aromatic heterocycles. The predicted molar refractivity (Wildman–Crippen MR) is 148 cm³/mol. The van der Waals surface area contributed by atoms with Gasteiger partial charge in [-0.15, -0.1) is 5.10 Å². The summed E-state index contributed by atoms with van der Waals surface area (Å²) in [6.45, 7) is 2.85. The Morgan fingerprint density at radius 2 is 1.63 bits per heavy atom. The van der Waals surface area contributed by atoms with Crippen LogP contribution in [0.15, 0.2) is 66.7 Å². The molecule has 2 heterocycles. The molecule has 194 valence electrons. The molecule has 0 aliphatic rings. The maximum atomic E-state index is 13.1. The summed E-state index contributed by atoms with van der Waals surface area (Å²) in [6, 6.07) is 19.8. The van der Waals surface area contributed by atoms with Crippen molar-refractivity contribution >= 4 is 51.7 Å². The Morgan fingerprint density at radius 1 is 0.974 bits per heavy atom. The van der Waals surface area contributed by atoms with Gasteiger partial charge in [0.25, 0.3) is 0 Å². The zero-order valence-electron chi connectivity index (χ0n) is 20.3. The van der Waals surface area contributed by atoms with Crippen LogP contribution in [0.25, 0.3) is 10.9 Å². The summed E-state index contributed by atoms with van der Waals surface area (Å²) in [5, 5.41) is 18.8. The van der Waals surface area contributed by atoms with Gasteiger partial charge in [0.2, 0.25) is 0 Å². The monoisotopic (exact) mass is 568 g/mol. The van der Waals surface area contributed by atoms with E-state index in [1.807, 2.05) is 54.6 Å². The highest BCUT2D eigenvalue weighted by Crippen LogP contribution is 2.34. The molecule has 1 atom stereocenters. The maximum Gasteiger partial charge on any atom is 0.355 e. The maximum absolute atomic E-state index is 13.1. The second-order valence-corrected chi connectivity index (χ2v) is 9.89. The minimum atomic E-state index is -0.581. The molecule has 0 aliphatic heterocycles. The van der Waals surface area contributed by atoms with Crippen LogP contribution in [0, 0.1) is 0 Å². The van der Waals surface area contributed by atoms with E-state index >= 15 is 0 Å². The van der Waals surface area contributed by atoms with E-state index < -0.39 is 12.0 Å². The number of rotatable bonds is 9. The van der Waals surface area contributed by atoms with Crippen LogP contribution in [0.4, 0.5) is 0 Å². The number of H-pyrrole nitrogens is 1. The Labute approximate surface area is 233 Å².